The third-order valence-electron chi connectivity index (χ3n) is 5.38. The number of rotatable bonds is 7. The minimum absolute atomic E-state index is 0.0753. The van der Waals surface area contributed by atoms with Gasteiger partial charge in [0.25, 0.3) is 5.91 Å². The summed E-state index contributed by atoms with van der Waals surface area (Å²) in [4.78, 5) is 25.7. The summed E-state index contributed by atoms with van der Waals surface area (Å²) in [5.74, 6) is -2.52. The lowest BCUT2D eigenvalue weighted by Gasteiger charge is -2.23. The second-order valence-electron chi connectivity index (χ2n) is 8.04. The fourth-order valence-electron chi connectivity index (χ4n) is 3.18. The van der Waals surface area contributed by atoms with Crippen molar-refractivity contribution in [2.45, 2.75) is 38.7 Å². The summed E-state index contributed by atoms with van der Waals surface area (Å²) in [5, 5.41) is 13.3. The molecule has 0 aliphatic heterocycles. The number of hydrogen-bond acceptors (Lipinski definition) is 5. The largest absolute Gasteiger partial charge is 0.416 e. The zero-order chi connectivity index (χ0) is 27.5. The molecule has 2 amide bonds. The van der Waals surface area contributed by atoms with Gasteiger partial charge in [-0.1, -0.05) is 59.7 Å². The van der Waals surface area contributed by atoms with E-state index in [9.17, 15) is 35.9 Å². The molecule has 3 rings (SSSR count). The van der Waals surface area contributed by atoms with E-state index in [1.54, 1.807) is 38.1 Å². The zero-order valence-corrected chi connectivity index (χ0v) is 21.6. The molecule has 2 N–H and O–H groups in total. The highest BCUT2D eigenvalue weighted by Crippen LogP contribution is 2.36. The third-order valence-corrected chi connectivity index (χ3v) is 6.79. The summed E-state index contributed by atoms with van der Waals surface area (Å²) >= 11 is 4.37. The molecule has 198 valence electrons. The van der Waals surface area contributed by atoms with Gasteiger partial charge in [-0.2, -0.15) is 26.3 Å². The summed E-state index contributed by atoms with van der Waals surface area (Å²) in [6.07, 6.45) is -9.86. The Morgan fingerprint density at radius 2 is 1.54 bits per heavy atom. The quantitative estimate of drug-likeness (QED) is 0.289. The van der Waals surface area contributed by atoms with Crippen molar-refractivity contribution in [1.82, 2.24) is 15.5 Å². The van der Waals surface area contributed by atoms with E-state index in [-0.39, 0.29) is 11.2 Å². The van der Waals surface area contributed by atoms with Gasteiger partial charge in [0.1, 0.15) is 11.0 Å². The number of benzene rings is 2. The van der Waals surface area contributed by atoms with E-state index in [1.807, 2.05) is 0 Å². The second kappa shape index (κ2) is 11.2. The highest BCUT2D eigenvalue weighted by atomic mass is 79.9. The van der Waals surface area contributed by atoms with E-state index in [2.05, 4.69) is 36.8 Å². The van der Waals surface area contributed by atoms with Gasteiger partial charge in [0.2, 0.25) is 11.0 Å². The van der Waals surface area contributed by atoms with Crippen molar-refractivity contribution in [3.8, 4) is 10.6 Å². The molecule has 0 saturated heterocycles. The van der Waals surface area contributed by atoms with Crippen LogP contribution < -0.4 is 10.6 Å². The van der Waals surface area contributed by atoms with Gasteiger partial charge < -0.3 is 5.32 Å². The molecule has 0 aliphatic rings. The van der Waals surface area contributed by atoms with Crippen LogP contribution in [0.5, 0.6) is 0 Å². The Labute approximate surface area is 219 Å². The Balaban J connectivity index is 1.84. The van der Waals surface area contributed by atoms with Crippen molar-refractivity contribution in [2.75, 3.05) is 5.32 Å². The molecule has 37 heavy (non-hydrogen) atoms. The number of amides is 2. The SMILES string of the molecule is CC[C@H](C)[C@@H](NC(=O)c1cc(C(F)(F)F)cc(C(F)(F)F)c1)C(=O)Nc1nnc(-c2ccc(Br)cc2)s1. The number of halogens is 7. The Kier molecular flexibility index (Phi) is 8.63. The summed E-state index contributed by atoms with van der Waals surface area (Å²) < 4.78 is 79.9. The maximum atomic E-state index is 13.2. The summed E-state index contributed by atoms with van der Waals surface area (Å²) in [5.41, 5.74) is -3.41. The summed E-state index contributed by atoms with van der Waals surface area (Å²) in [6.45, 7) is 3.31. The fraction of sp³-hybridized carbons (Fsp3) is 0.304. The molecule has 0 radical (unpaired) electrons. The van der Waals surface area contributed by atoms with Gasteiger partial charge >= 0.3 is 12.4 Å². The molecule has 0 bridgehead atoms. The normalized spacial score (nSPS) is 13.6. The maximum absolute atomic E-state index is 13.2. The molecule has 2 atom stereocenters. The molecule has 3 aromatic rings. The Morgan fingerprint density at radius 3 is 2.05 bits per heavy atom. The van der Waals surface area contributed by atoms with Crippen LogP contribution in [-0.4, -0.2) is 28.1 Å². The van der Waals surface area contributed by atoms with Crippen molar-refractivity contribution in [3.05, 3.63) is 63.6 Å². The van der Waals surface area contributed by atoms with Crippen molar-refractivity contribution < 1.29 is 35.9 Å². The maximum Gasteiger partial charge on any atom is 0.416 e. The van der Waals surface area contributed by atoms with Crippen LogP contribution in [0.1, 0.15) is 41.8 Å². The van der Waals surface area contributed by atoms with E-state index >= 15 is 0 Å². The lowest BCUT2D eigenvalue weighted by Crippen LogP contribution is -2.47. The van der Waals surface area contributed by atoms with Crippen LogP contribution >= 0.6 is 27.3 Å². The van der Waals surface area contributed by atoms with Gasteiger partial charge in [0, 0.05) is 15.6 Å². The average Bonchev–Trinajstić information content (AvgIpc) is 3.29. The number of nitrogens with zero attached hydrogens (tertiary/aromatic N) is 2. The Morgan fingerprint density at radius 1 is 0.973 bits per heavy atom. The number of carbonyl (C=O) groups excluding carboxylic acids is 2. The second-order valence-corrected chi connectivity index (χ2v) is 9.93. The van der Waals surface area contributed by atoms with E-state index < -0.39 is 52.8 Å². The molecule has 0 saturated carbocycles. The zero-order valence-electron chi connectivity index (χ0n) is 19.2. The predicted octanol–water partition coefficient (Wildman–Crippen LogP) is 6.79. The lowest BCUT2D eigenvalue weighted by molar-refractivity contribution is -0.143. The minimum Gasteiger partial charge on any atom is -0.340 e. The molecule has 1 heterocycles. The van der Waals surface area contributed by atoms with Crippen molar-refractivity contribution in [2.24, 2.45) is 5.92 Å². The molecular weight excluding hydrogens is 590 g/mol. The number of carbonyl (C=O) groups is 2. The smallest absolute Gasteiger partial charge is 0.340 e. The average molecular weight is 609 g/mol. The van der Waals surface area contributed by atoms with E-state index in [4.69, 9.17) is 0 Å². The summed E-state index contributed by atoms with van der Waals surface area (Å²) in [7, 11) is 0. The van der Waals surface area contributed by atoms with Crippen LogP contribution in [-0.2, 0) is 17.1 Å². The standard InChI is InChI=1S/C23H19BrF6N4O2S/c1-3-11(2)17(19(36)32-21-34-33-20(37-21)12-4-6-16(24)7-5-12)31-18(35)13-8-14(22(25,26)27)10-15(9-13)23(28,29)30/h4-11,17H,3H2,1-2H3,(H,31,35)(H,32,34,36)/t11-,17+/m0/s1. The Bertz CT molecular complexity index is 1250. The van der Waals surface area contributed by atoms with Gasteiger partial charge in [-0.25, -0.2) is 0 Å². The van der Waals surface area contributed by atoms with Crippen molar-refractivity contribution in [3.63, 3.8) is 0 Å². The van der Waals surface area contributed by atoms with Gasteiger partial charge in [0.05, 0.1) is 11.1 Å². The molecule has 0 spiro atoms. The first-order chi connectivity index (χ1) is 17.2. The lowest BCUT2D eigenvalue weighted by atomic mass is 9.97. The van der Waals surface area contributed by atoms with Crippen LogP contribution in [0.3, 0.4) is 0 Å². The van der Waals surface area contributed by atoms with Gasteiger partial charge in [0.15, 0.2) is 0 Å². The van der Waals surface area contributed by atoms with E-state index in [0.29, 0.717) is 23.6 Å². The monoisotopic (exact) mass is 608 g/mol. The summed E-state index contributed by atoms with van der Waals surface area (Å²) in [6, 6.07) is 6.42. The molecular formula is C23H19BrF6N4O2S. The van der Waals surface area contributed by atoms with Crippen molar-refractivity contribution >= 4 is 44.2 Å². The number of nitrogens with one attached hydrogen (secondary N) is 2. The molecule has 1 aromatic heterocycles. The Hall–Kier alpha value is -3.00. The molecule has 0 aliphatic carbocycles. The minimum atomic E-state index is -5.12. The van der Waals surface area contributed by atoms with Gasteiger partial charge in [-0.05, 0) is 36.2 Å². The predicted molar refractivity (Wildman–Crippen MR) is 129 cm³/mol. The van der Waals surface area contributed by atoms with Crippen LogP contribution in [0.2, 0.25) is 0 Å². The first kappa shape index (κ1) is 28.6. The first-order valence-electron chi connectivity index (χ1n) is 10.7. The molecule has 0 fully saturated rings. The first-order valence-corrected chi connectivity index (χ1v) is 12.3. The van der Waals surface area contributed by atoms with E-state index in [1.165, 1.54) is 0 Å². The number of aromatic nitrogens is 2. The third kappa shape index (κ3) is 7.28. The number of alkyl halides is 6. The molecule has 14 heteroatoms. The van der Waals surface area contributed by atoms with Crippen LogP contribution in [0.25, 0.3) is 10.6 Å². The highest BCUT2D eigenvalue weighted by Gasteiger charge is 2.38. The topological polar surface area (TPSA) is 84.0 Å². The highest BCUT2D eigenvalue weighted by molar-refractivity contribution is 9.10. The number of anilines is 1. The number of hydrogen-bond donors (Lipinski definition) is 2. The fourth-order valence-corrected chi connectivity index (χ4v) is 4.19. The molecule has 0 unspecified atom stereocenters. The van der Waals surface area contributed by atoms with Crippen LogP contribution in [0, 0.1) is 5.92 Å². The van der Waals surface area contributed by atoms with E-state index in [0.717, 1.165) is 21.4 Å². The van der Waals surface area contributed by atoms with Gasteiger partial charge in [-0.3, -0.25) is 14.9 Å². The van der Waals surface area contributed by atoms with Crippen molar-refractivity contribution in [1.29, 1.82) is 0 Å². The molecule has 2 aromatic carbocycles. The van der Waals surface area contributed by atoms with Crippen LogP contribution in [0.15, 0.2) is 46.9 Å². The van der Waals surface area contributed by atoms with Crippen LogP contribution in [0.4, 0.5) is 31.5 Å². The molecule has 6 nitrogen and oxygen atoms in total. The van der Waals surface area contributed by atoms with Gasteiger partial charge in [-0.15, -0.1) is 10.2 Å².